The number of nitrogens with zero attached hydrogens (tertiary/aromatic N) is 1. The first kappa shape index (κ1) is 11.0. The summed E-state index contributed by atoms with van der Waals surface area (Å²) in [7, 11) is 1.72. The zero-order valence-corrected chi connectivity index (χ0v) is 9.90. The highest BCUT2D eigenvalue weighted by atomic mass is 79.9. The van der Waals surface area contributed by atoms with E-state index in [-0.39, 0.29) is 0 Å². The minimum Gasteiger partial charge on any atom is -0.384 e. The maximum absolute atomic E-state index is 4.95. The van der Waals surface area contributed by atoms with E-state index in [2.05, 4.69) is 20.9 Å². The van der Waals surface area contributed by atoms with Gasteiger partial charge in [0.25, 0.3) is 0 Å². The Bertz CT molecular complexity index is 240. The van der Waals surface area contributed by atoms with Crippen LogP contribution in [0.15, 0.2) is 22.8 Å². The van der Waals surface area contributed by atoms with E-state index in [0.717, 1.165) is 28.3 Å². The summed E-state index contributed by atoms with van der Waals surface area (Å²) >= 11 is 5.18. The Hall–Kier alpha value is -0.0600. The van der Waals surface area contributed by atoms with Crippen molar-refractivity contribution in [3.05, 3.63) is 28.5 Å². The van der Waals surface area contributed by atoms with Gasteiger partial charge in [0.2, 0.25) is 0 Å². The van der Waals surface area contributed by atoms with E-state index in [0.29, 0.717) is 0 Å². The molecular weight excluding hydrogens is 250 g/mol. The molecule has 4 heteroatoms. The number of hydrogen-bond donors (Lipinski definition) is 0. The molecule has 1 rings (SSSR count). The molecule has 0 aliphatic carbocycles. The van der Waals surface area contributed by atoms with Crippen molar-refractivity contribution in [1.82, 2.24) is 4.98 Å². The highest BCUT2D eigenvalue weighted by molar-refractivity contribution is 9.10. The second-order valence-electron chi connectivity index (χ2n) is 2.51. The second kappa shape index (κ2) is 6.40. The zero-order chi connectivity index (χ0) is 9.52. The Morgan fingerprint density at radius 2 is 2.38 bits per heavy atom. The fourth-order valence-corrected chi connectivity index (χ4v) is 1.85. The third kappa shape index (κ3) is 4.64. The Kier molecular flexibility index (Phi) is 5.43. The predicted octanol–water partition coefficient (Wildman–Crippen LogP) is 2.72. The second-order valence-corrected chi connectivity index (χ2v) is 4.53. The molecule has 0 aromatic carbocycles. The molecule has 0 aliphatic heterocycles. The van der Waals surface area contributed by atoms with Crippen LogP contribution in [0.5, 0.6) is 0 Å². The Morgan fingerprint density at radius 3 is 3.00 bits per heavy atom. The molecule has 1 heterocycles. The molecule has 0 spiro atoms. The first-order valence-electron chi connectivity index (χ1n) is 4.00. The minimum atomic E-state index is 0.807. The van der Waals surface area contributed by atoms with Crippen molar-refractivity contribution in [2.75, 3.05) is 19.5 Å². The molecule has 1 aromatic rings. The third-order valence-corrected chi connectivity index (χ3v) is 2.89. The van der Waals surface area contributed by atoms with Crippen molar-refractivity contribution < 1.29 is 4.74 Å². The van der Waals surface area contributed by atoms with Crippen molar-refractivity contribution in [3.8, 4) is 0 Å². The largest absolute Gasteiger partial charge is 0.384 e. The van der Waals surface area contributed by atoms with Gasteiger partial charge in [-0.3, -0.25) is 4.98 Å². The highest BCUT2D eigenvalue weighted by Gasteiger charge is 1.94. The van der Waals surface area contributed by atoms with Gasteiger partial charge in [0.1, 0.15) is 0 Å². The molecule has 72 valence electrons. The van der Waals surface area contributed by atoms with Gasteiger partial charge in [-0.25, -0.2) is 0 Å². The first-order valence-corrected chi connectivity index (χ1v) is 5.95. The summed E-state index contributed by atoms with van der Waals surface area (Å²) < 4.78 is 5.98. The lowest BCUT2D eigenvalue weighted by molar-refractivity contribution is 0.218. The molecule has 1 aromatic heterocycles. The molecule has 13 heavy (non-hydrogen) atoms. The maximum Gasteiger partial charge on any atom is 0.0553 e. The number of pyridine rings is 1. The molecule has 2 nitrogen and oxygen atoms in total. The van der Waals surface area contributed by atoms with E-state index in [1.165, 1.54) is 0 Å². The van der Waals surface area contributed by atoms with Gasteiger partial charge in [-0.05, 0) is 28.1 Å². The van der Waals surface area contributed by atoms with Crippen LogP contribution in [0.1, 0.15) is 5.69 Å². The molecule has 0 bridgehead atoms. The predicted molar refractivity (Wildman–Crippen MR) is 60.0 cm³/mol. The summed E-state index contributed by atoms with van der Waals surface area (Å²) in [5.74, 6) is 1.98. The fourth-order valence-electron chi connectivity index (χ4n) is 0.811. The van der Waals surface area contributed by atoms with Gasteiger partial charge in [0.15, 0.2) is 0 Å². The number of halogens is 1. The Morgan fingerprint density at radius 1 is 1.54 bits per heavy atom. The third-order valence-electron chi connectivity index (χ3n) is 1.47. The number of rotatable bonds is 5. The molecule has 0 atom stereocenters. The molecule has 0 saturated heterocycles. The Labute approximate surface area is 91.2 Å². The Balaban J connectivity index is 2.25. The normalized spacial score (nSPS) is 10.3. The van der Waals surface area contributed by atoms with Gasteiger partial charge in [-0.2, -0.15) is 11.8 Å². The summed E-state index contributed by atoms with van der Waals surface area (Å²) in [5, 5.41) is 0. The topological polar surface area (TPSA) is 22.1 Å². The van der Waals surface area contributed by atoms with Gasteiger partial charge in [0, 0.05) is 29.3 Å². The lowest BCUT2D eigenvalue weighted by atomic mass is 10.4. The van der Waals surface area contributed by atoms with Gasteiger partial charge in [-0.15, -0.1) is 0 Å². The van der Waals surface area contributed by atoms with E-state index >= 15 is 0 Å². The van der Waals surface area contributed by atoms with E-state index in [1.54, 1.807) is 7.11 Å². The van der Waals surface area contributed by atoms with Crippen LogP contribution in [0, 0.1) is 0 Å². The van der Waals surface area contributed by atoms with E-state index in [9.17, 15) is 0 Å². The number of hydrogen-bond acceptors (Lipinski definition) is 3. The molecule has 0 radical (unpaired) electrons. The molecule has 0 amide bonds. The lowest BCUT2D eigenvalue weighted by Gasteiger charge is -2.00. The number of ether oxygens (including phenoxy) is 1. The van der Waals surface area contributed by atoms with Crippen LogP contribution in [0.25, 0.3) is 0 Å². The number of thioether (sulfide) groups is 1. The van der Waals surface area contributed by atoms with Crippen LogP contribution in [-0.4, -0.2) is 24.5 Å². The van der Waals surface area contributed by atoms with E-state index < -0.39 is 0 Å². The molecule has 0 aliphatic rings. The van der Waals surface area contributed by atoms with Crippen LogP contribution in [0.3, 0.4) is 0 Å². The van der Waals surface area contributed by atoms with Crippen molar-refractivity contribution in [2.24, 2.45) is 0 Å². The van der Waals surface area contributed by atoms with E-state index in [1.807, 2.05) is 30.1 Å². The maximum atomic E-state index is 4.95. The summed E-state index contributed by atoms with van der Waals surface area (Å²) in [6, 6.07) is 4.04. The van der Waals surface area contributed by atoms with Gasteiger partial charge < -0.3 is 4.74 Å². The number of aromatic nitrogens is 1. The molecular formula is C9H12BrNOS. The van der Waals surface area contributed by atoms with Crippen LogP contribution in [0.2, 0.25) is 0 Å². The monoisotopic (exact) mass is 261 g/mol. The summed E-state index contributed by atoms with van der Waals surface area (Å²) in [6.07, 6.45) is 1.83. The van der Waals surface area contributed by atoms with E-state index in [4.69, 9.17) is 4.74 Å². The lowest BCUT2D eigenvalue weighted by Crippen LogP contribution is -1.93. The standard InChI is InChI=1S/C9H12BrNOS/c1-12-4-5-13-7-9-3-2-8(10)6-11-9/h2-3,6H,4-5,7H2,1H3. The minimum absolute atomic E-state index is 0.807. The molecule has 0 N–H and O–H groups in total. The smallest absolute Gasteiger partial charge is 0.0553 e. The van der Waals surface area contributed by atoms with Crippen LogP contribution < -0.4 is 0 Å². The summed E-state index contributed by atoms with van der Waals surface area (Å²) in [4.78, 5) is 4.27. The van der Waals surface area contributed by atoms with Crippen molar-refractivity contribution in [1.29, 1.82) is 0 Å². The van der Waals surface area contributed by atoms with Crippen LogP contribution in [-0.2, 0) is 10.5 Å². The zero-order valence-electron chi connectivity index (χ0n) is 7.50. The number of methoxy groups -OCH3 is 1. The van der Waals surface area contributed by atoms with Crippen molar-refractivity contribution in [2.45, 2.75) is 5.75 Å². The molecule has 0 saturated carbocycles. The van der Waals surface area contributed by atoms with Gasteiger partial charge >= 0.3 is 0 Å². The summed E-state index contributed by atoms with van der Waals surface area (Å²) in [6.45, 7) is 0.807. The molecule has 0 fully saturated rings. The van der Waals surface area contributed by atoms with Crippen molar-refractivity contribution in [3.63, 3.8) is 0 Å². The first-order chi connectivity index (χ1) is 6.33. The SMILES string of the molecule is COCCSCc1ccc(Br)cn1. The van der Waals surface area contributed by atoms with Crippen LogP contribution in [0.4, 0.5) is 0 Å². The molecule has 0 unspecified atom stereocenters. The summed E-state index contributed by atoms with van der Waals surface area (Å²) in [5.41, 5.74) is 1.12. The van der Waals surface area contributed by atoms with Crippen molar-refractivity contribution >= 4 is 27.7 Å². The highest BCUT2D eigenvalue weighted by Crippen LogP contribution is 2.12. The van der Waals surface area contributed by atoms with Crippen LogP contribution >= 0.6 is 27.7 Å². The average Bonchev–Trinajstić information content (AvgIpc) is 2.15. The van der Waals surface area contributed by atoms with Gasteiger partial charge in [0.05, 0.1) is 12.3 Å². The average molecular weight is 262 g/mol. The van der Waals surface area contributed by atoms with Gasteiger partial charge in [-0.1, -0.05) is 0 Å². The quantitative estimate of drug-likeness (QED) is 0.762. The fraction of sp³-hybridized carbons (Fsp3) is 0.444.